The van der Waals surface area contributed by atoms with Gasteiger partial charge in [-0.15, -0.1) is 0 Å². The third-order valence-electron chi connectivity index (χ3n) is 3.35. The first-order valence-electron chi connectivity index (χ1n) is 6.32. The van der Waals surface area contributed by atoms with E-state index in [1.165, 1.54) is 11.1 Å². The molecule has 1 aromatic carbocycles. The Morgan fingerprint density at radius 2 is 2.05 bits per heavy atom. The highest BCUT2D eigenvalue weighted by Crippen LogP contribution is 2.17. The first kappa shape index (κ1) is 11.8. The molecule has 0 fully saturated rings. The van der Waals surface area contributed by atoms with Gasteiger partial charge in [0.25, 0.3) is 0 Å². The molecular formula is C16H16N2O. The SMILES string of the molecule is COc1ccn2cc(Cc3ccccc3C)nc2c1. The number of fused-ring (bicyclic) bond motifs is 1. The third-order valence-corrected chi connectivity index (χ3v) is 3.35. The predicted molar refractivity (Wildman–Crippen MR) is 75.7 cm³/mol. The Morgan fingerprint density at radius 3 is 2.84 bits per heavy atom. The van der Waals surface area contributed by atoms with E-state index in [0.717, 1.165) is 23.5 Å². The summed E-state index contributed by atoms with van der Waals surface area (Å²) in [5.74, 6) is 0.834. The molecule has 3 rings (SSSR count). The second-order valence-corrected chi connectivity index (χ2v) is 4.67. The van der Waals surface area contributed by atoms with Gasteiger partial charge in [-0.3, -0.25) is 0 Å². The molecule has 0 saturated carbocycles. The van der Waals surface area contributed by atoms with E-state index < -0.39 is 0 Å². The van der Waals surface area contributed by atoms with Crippen LogP contribution in [0.15, 0.2) is 48.8 Å². The molecule has 0 bridgehead atoms. The normalized spacial score (nSPS) is 10.8. The fraction of sp³-hybridized carbons (Fsp3) is 0.188. The lowest BCUT2D eigenvalue weighted by Crippen LogP contribution is -1.91. The number of aromatic nitrogens is 2. The Balaban J connectivity index is 1.95. The minimum Gasteiger partial charge on any atom is -0.497 e. The van der Waals surface area contributed by atoms with Crippen LogP contribution in [0.5, 0.6) is 5.75 Å². The van der Waals surface area contributed by atoms with Crippen molar-refractivity contribution in [3.05, 3.63) is 65.6 Å². The summed E-state index contributed by atoms with van der Waals surface area (Å²) in [6.07, 6.45) is 4.90. The molecule has 0 aliphatic rings. The molecule has 0 saturated heterocycles. The second kappa shape index (κ2) is 4.76. The van der Waals surface area contributed by atoms with Crippen LogP contribution in [0, 0.1) is 6.92 Å². The lowest BCUT2D eigenvalue weighted by molar-refractivity contribution is 0.414. The molecule has 0 atom stereocenters. The van der Waals surface area contributed by atoms with Crippen LogP contribution in [0.4, 0.5) is 0 Å². The summed E-state index contributed by atoms with van der Waals surface area (Å²) in [6, 6.07) is 12.3. The third kappa shape index (κ3) is 2.32. The van der Waals surface area contributed by atoms with Crippen LogP contribution >= 0.6 is 0 Å². The molecule has 0 aliphatic carbocycles. The van der Waals surface area contributed by atoms with Gasteiger partial charge in [0.1, 0.15) is 11.4 Å². The Bertz CT molecular complexity index is 716. The lowest BCUT2D eigenvalue weighted by Gasteiger charge is -2.01. The number of benzene rings is 1. The zero-order chi connectivity index (χ0) is 13.2. The minimum absolute atomic E-state index is 0.834. The van der Waals surface area contributed by atoms with E-state index in [2.05, 4.69) is 42.4 Å². The number of hydrogen-bond acceptors (Lipinski definition) is 2. The van der Waals surface area contributed by atoms with Crippen molar-refractivity contribution >= 4 is 5.65 Å². The Kier molecular flexibility index (Phi) is 2.95. The summed E-state index contributed by atoms with van der Waals surface area (Å²) in [4.78, 5) is 4.64. The molecular weight excluding hydrogens is 236 g/mol. The number of imidazole rings is 1. The highest BCUT2D eigenvalue weighted by molar-refractivity contribution is 5.46. The molecule has 96 valence electrons. The van der Waals surface area contributed by atoms with Gasteiger partial charge in [-0.1, -0.05) is 24.3 Å². The average Bonchev–Trinajstić information content (AvgIpc) is 2.82. The van der Waals surface area contributed by atoms with Crippen LogP contribution in [-0.4, -0.2) is 16.5 Å². The molecule has 3 heteroatoms. The monoisotopic (exact) mass is 252 g/mol. The van der Waals surface area contributed by atoms with Crippen molar-refractivity contribution in [1.29, 1.82) is 0 Å². The summed E-state index contributed by atoms with van der Waals surface area (Å²) in [7, 11) is 1.67. The van der Waals surface area contributed by atoms with Gasteiger partial charge in [-0.2, -0.15) is 0 Å². The fourth-order valence-corrected chi connectivity index (χ4v) is 2.23. The van der Waals surface area contributed by atoms with Crippen LogP contribution in [0.1, 0.15) is 16.8 Å². The van der Waals surface area contributed by atoms with Gasteiger partial charge in [0.15, 0.2) is 0 Å². The molecule has 0 radical (unpaired) electrons. The topological polar surface area (TPSA) is 26.5 Å². The van der Waals surface area contributed by atoms with Gasteiger partial charge in [-0.05, 0) is 24.1 Å². The summed E-state index contributed by atoms with van der Waals surface area (Å²) in [5, 5.41) is 0. The molecule has 0 spiro atoms. The molecule has 0 unspecified atom stereocenters. The maximum atomic E-state index is 5.22. The van der Waals surface area contributed by atoms with Crippen LogP contribution in [0.3, 0.4) is 0 Å². The highest BCUT2D eigenvalue weighted by atomic mass is 16.5. The van der Waals surface area contributed by atoms with Crippen molar-refractivity contribution in [1.82, 2.24) is 9.38 Å². The van der Waals surface area contributed by atoms with Crippen molar-refractivity contribution in [2.75, 3.05) is 7.11 Å². The molecule has 19 heavy (non-hydrogen) atoms. The summed E-state index contributed by atoms with van der Waals surface area (Å²) >= 11 is 0. The van der Waals surface area contributed by atoms with Crippen molar-refractivity contribution in [3.8, 4) is 5.75 Å². The molecule has 0 aliphatic heterocycles. The zero-order valence-electron chi connectivity index (χ0n) is 11.1. The van der Waals surface area contributed by atoms with E-state index in [9.17, 15) is 0 Å². The standard InChI is InChI=1S/C16H16N2O/c1-12-5-3-4-6-13(12)9-14-11-18-8-7-15(19-2)10-16(18)17-14/h3-8,10-11H,9H2,1-2H3. The summed E-state index contributed by atoms with van der Waals surface area (Å²) in [5.41, 5.74) is 4.61. The highest BCUT2D eigenvalue weighted by Gasteiger charge is 2.05. The molecule has 2 aromatic heterocycles. The van der Waals surface area contributed by atoms with E-state index in [-0.39, 0.29) is 0 Å². The molecule has 0 N–H and O–H groups in total. The lowest BCUT2D eigenvalue weighted by atomic mass is 10.0. The van der Waals surface area contributed by atoms with Gasteiger partial charge >= 0.3 is 0 Å². The van der Waals surface area contributed by atoms with E-state index in [1.807, 2.05) is 22.7 Å². The molecule has 0 amide bonds. The number of ether oxygens (including phenoxy) is 1. The first-order chi connectivity index (χ1) is 9.26. The van der Waals surface area contributed by atoms with Crippen molar-refractivity contribution in [2.24, 2.45) is 0 Å². The largest absolute Gasteiger partial charge is 0.497 e. The van der Waals surface area contributed by atoms with E-state index in [4.69, 9.17) is 4.74 Å². The van der Waals surface area contributed by atoms with Crippen molar-refractivity contribution < 1.29 is 4.74 Å². The Labute approximate surface area is 112 Å². The van der Waals surface area contributed by atoms with E-state index in [1.54, 1.807) is 7.11 Å². The zero-order valence-corrected chi connectivity index (χ0v) is 11.1. The number of methoxy groups -OCH3 is 1. The maximum absolute atomic E-state index is 5.22. The number of rotatable bonds is 3. The maximum Gasteiger partial charge on any atom is 0.140 e. The van der Waals surface area contributed by atoms with Crippen LogP contribution < -0.4 is 4.74 Å². The van der Waals surface area contributed by atoms with Crippen LogP contribution in [-0.2, 0) is 6.42 Å². The Hall–Kier alpha value is -2.29. The first-order valence-corrected chi connectivity index (χ1v) is 6.32. The Morgan fingerprint density at radius 1 is 1.21 bits per heavy atom. The van der Waals surface area contributed by atoms with Crippen LogP contribution in [0.2, 0.25) is 0 Å². The summed E-state index contributed by atoms with van der Waals surface area (Å²) in [6.45, 7) is 2.13. The van der Waals surface area contributed by atoms with Crippen molar-refractivity contribution in [2.45, 2.75) is 13.3 Å². The fourth-order valence-electron chi connectivity index (χ4n) is 2.23. The van der Waals surface area contributed by atoms with Gasteiger partial charge in [-0.25, -0.2) is 4.98 Å². The van der Waals surface area contributed by atoms with Crippen LogP contribution in [0.25, 0.3) is 5.65 Å². The molecule has 3 nitrogen and oxygen atoms in total. The van der Waals surface area contributed by atoms with Gasteiger partial charge < -0.3 is 9.14 Å². The molecule has 2 heterocycles. The number of nitrogens with zero attached hydrogens (tertiary/aromatic N) is 2. The van der Waals surface area contributed by atoms with Gasteiger partial charge in [0.2, 0.25) is 0 Å². The quantitative estimate of drug-likeness (QED) is 0.715. The average molecular weight is 252 g/mol. The molecule has 3 aromatic rings. The number of pyridine rings is 1. The summed E-state index contributed by atoms with van der Waals surface area (Å²) < 4.78 is 7.24. The smallest absolute Gasteiger partial charge is 0.140 e. The van der Waals surface area contributed by atoms with Crippen molar-refractivity contribution in [3.63, 3.8) is 0 Å². The van der Waals surface area contributed by atoms with Gasteiger partial charge in [0, 0.05) is 24.9 Å². The minimum atomic E-state index is 0.834. The number of aryl methyl sites for hydroxylation is 1. The second-order valence-electron chi connectivity index (χ2n) is 4.67. The van der Waals surface area contributed by atoms with E-state index in [0.29, 0.717) is 0 Å². The van der Waals surface area contributed by atoms with Gasteiger partial charge in [0.05, 0.1) is 12.8 Å². The van der Waals surface area contributed by atoms with E-state index >= 15 is 0 Å². The predicted octanol–water partition coefficient (Wildman–Crippen LogP) is 3.24. The number of hydrogen-bond donors (Lipinski definition) is 0.